The molecule has 4 aliphatic rings. The maximum atomic E-state index is 12.6. The van der Waals surface area contributed by atoms with E-state index >= 15 is 0 Å². The summed E-state index contributed by atoms with van der Waals surface area (Å²) in [4.78, 5) is 24.8. The van der Waals surface area contributed by atoms with Crippen LogP contribution in [0, 0.1) is 0 Å². The number of carboxylic acids is 1. The first-order valence-electron chi connectivity index (χ1n) is 16.6. The van der Waals surface area contributed by atoms with Gasteiger partial charge in [0.05, 0.1) is 32.0 Å². The number of rotatable bonds is 13. The van der Waals surface area contributed by atoms with Gasteiger partial charge in [0.25, 0.3) is 5.79 Å². The predicted octanol–water partition coefficient (Wildman–Crippen LogP) is -9.37. The Balaban J connectivity index is 1.69. The van der Waals surface area contributed by atoms with Crippen molar-refractivity contribution in [3.63, 3.8) is 0 Å². The number of carbonyl (C=O) groups is 2. The number of aliphatic carboxylic acids is 1. The molecule has 308 valence electrons. The third kappa shape index (κ3) is 9.08. The summed E-state index contributed by atoms with van der Waals surface area (Å²) in [7, 11) is 0. The van der Waals surface area contributed by atoms with E-state index < -0.39 is 166 Å². The molecule has 0 aromatic carbocycles. The van der Waals surface area contributed by atoms with E-state index in [0.717, 1.165) is 6.92 Å². The first-order chi connectivity index (χ1) is 24.8. The van der Waals surface area contributed by atoms with Crippen LogP contribution in [0.5, 0.6) is 0 Å². The smallest absolute Gasteiger partial charge is 0.364 e. The van der Waals surface area contributed by atoms with Gasteiger partial charge < -0.3 is 110 Å². The van der Waals surface area contributed by atoms with Crippen LogP contribution in [0.2, 0.25) is 0 Å². The quantitative estimate of drug-likeness (QED) is 0.0825. The minimum absolute atomic E-state index is 0.763. The minimum Gasteiger partial charge on any atom is -0.477 e. The Morgan fingerprint density at radius 1 is 0.774 bits per heavy atom. The van der Waals surface area contributed by atoms with Crippen LogP contribution in [0.25, 0.3) is 0 Å². The van der Waals surface area contributed by atoms with Gasteiger partial charge in [-0.1, -0.05) is 0 Å². The summed E-state index contributed by atoms with van der Waals surface area (Å²) in [5, 5.41) is 148. The van der Waals surface area contributed by atoms with Gasteiger partial charge >= 0.3 is 5.97 Å². The van der Waals surface area contributed by atoms with E-state index in [-0.39, 0.29) is 0 Å². The summed E-state index contributed by atoms with van der Waals surface area (Å²) in [5.41, 5.74) is 0. The van der Waals surface area contributed by atoms with Gasteiger partial charge in [-0.05, 0) is 6.92 Å². The first-order valence-corrected chi connectivity index (χ1v) is 16.6. The van der Waals surface area contributed by atoms with E-state index in [1.807, 2.05) is 0 Å². The average molecular weight is 780 g/mol. The summed E-state index contributed by atoms with van der Waals surface area (Å²) in [5.74, 6) is -5.91. The fourth-order valence-corrected chi connectivity index (χ4v) is 6.56. The van der Waals surface area contributed by atoms with Crippen LogP contribution in [0.4, 0.5) is 0 Å². The van der Waals surface area contributed by atoms with Gasteiger partial charge in [0.15, 0.2) is 18.9 Å². The first kappa shape index (κ1) is 43.9. The number of carbonyl (C=O) groups excluding carboxylic acids is 1. The van der Waals surface area contributed by atoms with Crippen molar-refractivity contribution in [3.8, 4) is 0 Å². The van der Waals surface area contributed by atoms with Gasteiger partial charge in [-0.25, -0.2) is 4.79 Å². The monoisotopic (exact) mass is 779 g/mol. The standard InChI is InChI=1S/C29H49NO23/c1-7-14(37)18(41)19(42)26(47-7)51-22-13(30-8(2)34)25(44)48-12(6-33)21(22)50-27-20(43)24(17(40)11(5-32)49-27)53-29(28(45)46)3-9(35)15(38)23(52-29)16(39)10(36)4-31/h7,9-27,31-33,35-44H,3-6H2,1-2H3,(H,30,34)(H,45,46)/t7-,9-,10+,11+,12+,13+,14+,15+,16+,17-,18+,19-,20+,21+,22+,23+,24-,25?,26-,27-,29-/m0/s1. The zero-order valence-corrected chi connectivity index (χ0v) is 28.3. The molecular formula is C29H49NO23. The minimum atomic E-state index is -3.11. The van der Waals surface area contributed by atoms with Crippen molar-refractivity contribution in [1.29, 1.82) is 0 Å². The third-order valence-electron chi connectivity index (χ3n) is 9.53. The third-order valence-corrected chi connectivity index (χ3v) is 9.53. The molecule has 4 saturated heterocycles. The Kier molecular flexibility index (Phi) is 14.9. The van der Waals surface area contributed by atoms with Crippen LogP contribution in [-0.4, -0.2) is 232 Å². The number of carboxylic acid groups (broad SMARTS) is 1. The highest BCUT2D eigenvalue weighted by molar-refractivity contribution is 5.76. The van der Waals surface area contributed by atoms with Crippen LogP contribution < -0.4 is 5.32 Å². The molecule has 21 atom stereocenters. The summed E-state index contributed by atoms with van der Waals surface area (Å²) < 4.78 is 39.2. The van der Waals surface area contributed by atoms with E-state index in [2.05, 4.69) is 5.32 Å². The molecule has 4 fully saturated rings. The molecule has 0 aliphatic carbocycles. The van der Waals surface area contributed by atoms with E-state index in [9.17, 15) is 81.1 Å². The number of aliphatic hydroxyl groups excluding tert-OH is 13. The number of hydrogen-bond acceptors (Lipinski definition) is 22. The van der Waals surface area contributed by atoms with Crippen molar-refractivity contribution < 1.29 is 114 Å². The van der Waals surface area contributed by atoms with Gasteiger partial charge in [-0.2, -0.15) is 0 Å². The van der Waals surface area contributed by atoms with E-state index in [0.29, 0.717) is 0 Å². The lowest BCUT2D eigenvalue weighted by atomic mass is 9.90. The Labute approximate surface area is 300 Å². The van der Waals surface area contributed by atoms with E-state index in [1.165, 1.54) is 6.92 Å². The molecule has 0 aromatic heterocycles. The lowest BCUT2D eigenvalue weighted by molar-refractivity contribution is -0.393. The predicted molar refractivity (Wildman–Crippen MR) is 161 cm³/mol. The molecule has 0 aromatic rings. The number of aliphatic hydroxyl groups is 13. The Morgan fingerprint density at radius 2 is 1.38 bits per heavy atom. The molecule has 0 saturated carbocycles. The normalized spacial score (nSPS) is 47.8. The molecule has 53 heavy (non-hydrogen) atoms. The molecule has 4 heterocycles. The zero-order chi connectivity index (χ0) is 39.7. The molecule has 0 bridgehead atoms. The van der Waals surface area contributed by atoms with Crippen LogP contribution in [-0.2, 0) is 42.7 Å². The number of hydrogen-bond donors (Lipinski definition) is 15. The maximum absolute atomic E-state index is 12.6. The highest BCUT2D eigenvalue weighted by atomic mass is 16.8. The Morgan fingerprint density at radius 3 is 1.94 bits per heavy atom. The lowest BCUT2D eigenvalue weighted by Gasteiger charge is -2.51. The SMILES string of the molecule is CC(=O)N[C@H]1C(O)O[C@H](CO)[C@@H](O[C@@H]2O[C@H](CO)[C@H](O)[C@H](O[C@]3(C(=O)O)C[C@H](O)[C@@H](O)[C@H]([C@H](O)[C@H](O)CO)O3)[C@H]2O)[C@@H]1O[C@@H]1O[C@@H](C)[C@@H](O)[C@@H](O)[C@@H]1O. The molecule has 0 radical (unpaired) electrons. The van der Waals surface area contributed by atoms with Crippen molar-refractivity contribution in [3.05, 3.63) is 0 Å². The Hall–Kier alpha value is -1.86. The second-order valence-corrected chi connectivity index (χ2v) is 13.3. The number of amides is 1. The highest BCUT2D eigenvalue weighted by Crippen LogP contribution is 2.39. The van der Waals surface area contributed by atoms with Crippen LogP contribution in [0.1, 0.15) is 20.3 Å². The number of ether oxygens (including phenoxy) is 7. The topological polar surface area (TPSA) is 394 Å². The molecule has 0 spiro atoms. The van der Waals surface area contributed by atoms with E-state index in [1.54, 1.807) is 0 Å². The average Bonchev–Trinajstić information content (AvgIpc) is 3.11. The summed E-state index contributed by atoms with van der Waals surface area (Å²) in [6, 6.07) is -1.61. The molecule has 24 nitrogen and oxygen atoms in total. The van der Waals surface area contributed by atoms with E-state index in [4.69, 9.17) is 33.2 Å². The molecule has 24 heteroatoms. The molecule has 4 aliphatic heterocycles. The molecule has 15 N–H and O–H groups in total. The van der Waals surface area contributed by atoms with Gasteiger partial charge in [0.2, 0.25) is 5.91 Å². The van der Waals surface area contributed by atoms with Gasteiger partial charge in [0, 0.05) is 13.3 Å². The van der Waals surface area contributed by atoms with Gasteiger partial charge in [-0.3, -0.25) is 4.79 Å². The lowest BCUT2D eigenvalue weighted by Crippen LogP contribution is -2.70. The fraction of sp³-hybridized carbons (Fsp3) is 0.931. The van der Waals surface area contributed by atoms with Crippen LogP contribution in [0.15, 0.2) is 0 Å². The summed E-state index contributed by atoms with van der Waals surface area (Å²) >= 11 is 0. The van der Waals surface area contributed by atoms with Gasteiger partial charge in [0.1, 0.15) is 91.5 Å². The Bertz CT molecular complexity index is 1220. The van der Waals surface area contributed by atoms with Crippen LogP contribution >= 0.6 is 0 Å². The van der Waals surface area contributed by atoms with Crippen molar-refractivity contribution in [1.82, 2.24) is 5.32 Å². The summed E-state index contributed by atoms with van der Waals surface area (Å²) in [6.45, 7) is -0.719. The van der Waals surface area contributed by atoms with Crippen molar-refractivity contribution in [2.24, 2.45) is 0 Å². The molecular weight excluding hydrogens is 730 g/mol. The fourth-order valence-electron chi connectivity index (χ4n) is 6.56. The number of nitrogens with one attached hydrogen (secondary N) is 1. The second-order valence-electron chi connectivity index (χ2n) is 13.3. The van der Waals surface area contributed by atoms with Crippen LogP contribution in [0.3, 0.4) is 0 Å². The second kappa shape index (κ2) is 17.9. The van der Waals surface area contributed by atoms with Crippen molar-refractivity contribution in [2.45, 2.75) is 149 Å². The maximum Gasteiger partial charge on any atom is 0.364 e. The molecule has 1 unspecified atom stereocenters. The molecule has 4 rings (SSSR count). The van der Waals surface area contributed by atoms with Gasteiger partial charge in [-0.15, -0.1) is 0 Å². The van der Waals surface area contributed by atoms with Crippen molar-refractivity contribution in [2.75, 3.05) is 19.8 Å². The summed E-state index contributed by atoms with van der Waals surface area (Å²) in [6.07, 6.45) is -37.4. The zero-order valence-electron chi connectivity index (χ0n) is 28.3. The van der Waals surface area contributed by atoms with Crippen molar-refractivity contribution >= 4 is 11.9 Å². The molecule has 1 amide bonds. The largest absolute Gasteiger partial charge is 0.477 e. The highest BCUT2D eigenvalue weighted by Gasteiger charge is 2.60.